The van der Waals surface area contributed by atoms with E-state index in [2.05, 4.69) is 42.0 Å². The molecule has 1 N–H and O–H groups in total. The van der Waals surface area contributed by atoms with Crippen LogP contribution in [0.2, 0.25) is 0 Å². The first-order valence-electron chi connectivity index (χ1n) is 7.20. The van der Waals surface area contributed by atoms with Crippen molar-refractivity contribution in [3.63, 3.8) is 0 Å². The van der Waals surface area contributed by atoms with Gasteiger partial charge in [0, 0.05) is 18.7 Å². The van der Waals surface area contributed by atoms with Crippen molar-refractivity contribution < 1.29 is 8.78 Å². The second kappa shape index (κ2) is 8.08. The fourth-order valence-corrected chi connectivity index (χ4v) is 2.57. The molecule has 4 heteroatoms. The summed E-state index contributed by atoms with van der Waals surface area (Å²) in [5, 5.41) is 3.18. The van der Waals surface area contributed by atoms with Gasteiger partial charge in [-0.3, -0.25) is 0 Å². The summed E-state index contributed by atoms with van der Waals surface area (Å²) >= 11 is 3.08. The minimum absolute atomic E-state index is 0.101. The van der Waals surface area contributed by atoms with Gasteiger partial charge in [-0.25, -0.2) is 8.78 Å². The van der Waals surface area contributed by atoms with Crippen LogP contribution in [-0.2, 0) is 6.54 Å². The lowest BCUT2D eigenvalue weighted by Crippen LogP contribution is -2.29. The van der Waals surface area contributed by atoms with Crippen molar-refractivity contribution in [1.29, 1.82) is 0 Å². The van der Waals surface area contributed by atoms with E-state index in [0.29, 0.717) is 4.47 Å². The van der Waals surface area contributed by atoms with E-state index in [1.807, 2.05) is 0 Å². The average molecular weight is 348 g/mol. The van der Waals surface area contributed by atoms with E-state index in [1.165, 1.54) is 31.4 Å². The van der Waals surface area contributed by atoms with E-state index in [1.54, 1.807) is 0 Å². The summed E-state index contributed by atoms with van der Waals surface area (Å²) in [7, 11) is 0. The van der Waals surface area contributed by atoms with Crippen LogP contribution in [0, 0.1) is 17.0 Å². The molecular formula is C16H24BrF2N. The molecule has 114 valence electrons. The van der Waals surface area contributed by atoms with Crippen molar-refractivity contribution in [2.45, 2.75) is 53.0 Å². The Labute approximate surface area is 129 Å². The van der Waals surface area contributed by atoms with Crippen LogP contribution in [0.3, 0.4) is 0 Å². The van der Waals surface area contributed by atoms with Gasteiger partial charge in [0.1, 0.15) is 11.6 Å². The van der Waals surface area contributed by atoms with E-state index in [0.717, 1.165) is 13.0 Å². The van der Waals surface area contributed by atoms with E-state index >= 15 is 0 Å². The number of halogens is 3. The van der Waals surface area contributed by atoms with Crippen LogP contribution >= 0.6 is 15.9 Å². The highest BCUT2D eigenvalue weighted by Crippen LogP contribution is 2.24. The van der Waals surface area contributed by atoms with Gasteiger partial charge >= 0.3 is 0 Å². The molecule has 0 atom stereocenters. The second-order valence-electron chi connectivity index (χ2n) is 6.05. The van der Waals surface area contributed by atoms with E-state index in [-0.39, 0.29) is 17.5 Å². The first-order chi connectivity index (χ1) is 9.37. The summed E-state index contributed by atoms with van der Waals surface area (Å²) in [5.74, 6) is -1.01. The molecule has 20 heavy (non-hydrogen) atoms. The highest BCUT2D eigenvalue weighted by molar-refractivity contribution is 9.10. The smallest absolute Gasteiger partial charge is 0.144 e. The van der Waals surface area contributed by atoms with Crippen LogP contribution in [0.25, 0.3) is 0 Å². The Morgan fingerprint density at radius 1 is 1.20 bits per heavy atom. The number of rotatable bonds is 8. The third kappa shape index (κ3) is 5.49. The molecule has 1 nitrogen and oxygen atoms in total. The number of nitrogens with one attached hydrogen (secondary N) is 1. The minimum atomic E-state index is -0.513. The molecule has 0 spiro atoms. The SMILES string of the molecule is CCCCCC(C)(C)CNCc1c(F)ccc(Br)c1F. The summed E-state index contributed by atoms with van der Waals surface area (Å²) in [6, 6.07) is 2.68. The van der Waals surface area contributed by atoms with Gasteiger partial charge in [0.2, 0.25) is 0 Å². The maximum Gasteiger partial charge on any atom is 0.144 e. The van der Waals surface area contributed by atoms with Crippen molar-refractivity contribution in [2.75, 3.05) is 6.54 Å². The van der Waals surface area contributed by atoms with Crippen LogP contribution in [0.4, 0.5) is 8.78 Å². The van der Waals surface area contributed by atoms with Gasteiger partial charge in [0.25, 0.3) is 0 Å². The molecule has 1 rings (SSSR count). The van der Waals surface area contributed by atoms with Crippen LogP contribution in [0.15, 0.2) is 16.6 Å². The molecule has 0 unspecified atom stereocenters. The summed E-state index contributed by atoms with van der Waals surface area (Å²) in [5.41, 5.74) is 0.248. The summed E-state index contributed by atoms with van der Waals surface area (Å²) in [6.07, 6.45) is 4.76. The van der Waals surface area contributed by atoms with Gasteiger partial charge in [-0.15, -0.1) is 0 Å². The molecule has 0 aliphatic rings. The van der Waals surface area contributed by atoms with Gasteiger partial charge < -0.3 is 5.32 Å². The number of hydrogen-bond donors (Lipinski definition) is 1. The normalized spacial score (nSPS) is 11.9. The Kier molecular flexibility index (Phi) is 7.10. The lowest BCUT2D eigenvalue weighted by molar-refractivity contribution is 0.300. The highest BCUT2D eigenvalue weighted by atomic mass is 79.9. The Bertz CT molecular complexity index is 433. The predicted octanol–water partition coefficient (Wildman–Crippen LogP) is 5.42. The van der Waals surface area contributed by atoms with E-state index in [4.69, 9.17) is 0 Å². The van der Waals surface area contributed by atoms with Crippen molar-refractivity contribution in [1.82, 2.24) is 5.32 Å². The van der Waals surface area contributed by atoms with Crippen LogP contribution in [0.1, 0.15) is 52.0 Å². The topological polar surface area (TPSA) is 12.0 Å². The standard InChI is InChI=1S/C16H24BrF2N/c1-4-5-6-9-16(2,3)11-20-10-12-14(18)8-7-13(17)15(12)19/h7-8,20H,4-6,9-11H2,1-3H3. The lowest BCUT2D eigenvalue weighted by Gasteiger charge is -2.25. The number of benzene rings is 1. The molecule has 0 radical (unpaired) electrons. The second-order valence-corrected chi connectivity index (χ2v) is 6.90. The number of unbranched alkanes of at least 4 members (excludes halogenated alkanes) is 2. The van der Waals surface area contributed by atoms with Gasteiger partial charge in [-0.1, -0.05) is 40.0 Å². The Hall–Kier alpha value is -0.480. The molecule has 0 aromatic heterocycles. The number of hydrogen-bond acceptors (Lipinski definition) is 1. The Morgan fingerprint density at radius 3 is 2.55 bits per heavy atom. The van der Waals surface area contributed by atoms with Gasteiger partial charge in [-0.05, 0) is 39.9 Å². The molecule has 0 saturated carbocycles. The van der Waals surface area contributed by atoms with Crippen molar-refractivity contribution in [2.24, 2.45) is 5.41 Å². The summed E-state index contributed by atoms with van der Waals surface area (Å²) in [4.78, 5) is 0. The molecule has 0 aliphatic carbocycles. The van der Waals surface area contributed by atoms with Gasteiger partial charge in [0.05, 0.1) is 4.47 Å². The van der Waals surface area contributed by atoms with Crippen LogP contribution in [-0.4, -0.2) is 6.54 Å². The molecule has 1 aromatic carbocycles. The van der Waals surface area contributed by atoms with Gasteiger partial charge in [0.15, 0.2) is 0 Å². The zero-order chi connectivity index (χ0) is 15.2. The molecule has 0 heterocycles. The fourth-order valence-electron chi connectivity index (χ4n) is 2.20. The molecule has 0 amide bonds. The molecular weight excluding hydrogens is 324 g/mol. The summed E-state index contributed by atoms with van der Waals surface area (Å²) < 4.78 is 27.7. The Balaban J connectivity index is 2.50. The lowest BCUT2D eigenvalue weighted by atomic mass is 9.87. The van der Waals surface area contributed by atoms with E-state index in [9.17, 15) is 8.78 Å². The molecule has 0 fully saturated rings. The van der Waals surface area contributed by atoms with Crippen molar-refractivity contribution in [3.05, 3.63) is 33.8 Å². The Morgan fingerprint density at radius 2 is 1.90 bits per heavy atom. The van der Waals surface area contributed by atoms with E-state index < -0.39 is 11.6 Å². The van der Waals surface area contributed by atoms with Crippen molar-refractivity contribution >= 4 is 15.9 Å². The third-order valence-corrected chi connectivity index (χ3v) is 4.11. The van der Waals surface area contributed by atoms with Gasteiger partial charge in [-0.2, -0.15) is 0 Å². The maximum atomic E-state index is 13.8. The van der Waals surface area contributed by atoms with Crippen LogP contribution in [0.5, 0.6) is 0 Å². The minimum Gasteiger partial charge on any atom is -0.312 e. The summed E-state index contributed by atoms with van der Waals surface area (Å²) in [6.45, 7) is 7.52. The van der Waals surface area contributed by atoms with Crippen LogP contribution < -0.4 is 5.32 Å². The largest absolute Gasteiger partial charge is 0.312 e. The quantitative estimate of drug-likeness (QED) is 0.488. The molecule has 0 aliphatic heterocycles. The third-order valence-electron chi connectivity index (χ3n) is 3.50. The zero-order valence-corrected chi connectivity index (χ0v) is 14.1. The first kappa shape index (κ1) is 17.6. The monoisotopic (exact) mass is 347 g/mol. The predicted molar refractivity (Wildman–Crippen MR) is 83.7 cm³/mol. The molecule has 0 bridgehead atoms. The molecule has 0 saturated heterocycles. The van der Waals surface area contributed by atoms with Crippen molar-refractivity contribution in [3.8, 4) is 0 Å². The molecule has 1 aromatic rings. The average Bonchev–Trinajstić information content (AvgIpc) is 2.38. The zero-order valence-electron chi connectivity index (χ0n) is 12.5. The first-order valence-corrected chi connectivity index (χ1v) is 8.00. The maximum absolute atomic E-state index is 13.8. The highest BCUT2D eigenvalue weighted by Gasteiger charge is 2.18. The fraction of sp³-hybridized carbons (Fsp3) is 0.625.